The zero-order chi connectivity index (χ0) is 19.8. The molecular formula is C27H21NO. The fourth-order valence-electron chi connectivity index (χ4n) is 3.91. The summed E-state index contributed by atoms with van der Waals surface area (Å²) in [6, 6.07) is 29.3. The molecule has 5 rings (SSSR count). The zero-order valence-corrected chi connectivity index (χ0v) is 16.5. The maximum Gasteiger partial charge on any atom is 0.138 e. The maximum absolute atomic E-state index is 6.17. The molecule has 0 bridgehead atoms. The first kappa shape index (κ1) is 17.4. The topological polar surface area (TPSA) is 26.0 Å². The summed E-state index contributed by atoms with van der Waals surface area (Å²) in [4.78, 5) is 4.60. The van der Waals surface area contributed by atoms with Crippen LogP contribution in [0.3, 0.4) is 0 Å². The van der Waals surface area contributed by atoms with Crippen LogP contribution in [0.1, 0.15) is 11.1 Å². The Morgan fingerprint density at radius 2 is 1.34 bits per heavy atom. The second-order valence-electron chi connectivity index (χ2n) is 7.43. The molecule has 2 heterocycles. The second-order valence-corrected chi connectivity index (χ2v) is 7.43. The molecule has 0 aliphatic heterocycles. The molecule has 0 spiro atoms. The fraction of sp³-hybridized carbons (Fsp3) is 0.0741. The molecular weight excluding hydrogens is 354 g/mol. The Hall–Kier alpha value is -3.65. The van der Waals surface area contributed by atoms with Gasteiger partial charge in [-0.05, 0) is 42.2 Å². The van der Waals surface area contributed by atoms with E-state index in [9.17, 15) is 0 Å². The third-order valence-electron chi connectivity index (χ3n) is 5.41. The normalized spacial score (nSPS) is 11.1. The van der Waals surface area contributed by atoms with Gasteiger partial charge in [0.15, 0.2) is 0 Å². The largest absolute Gasteiger partial charge is 0.456 e. The van der Waals surface area contributed by atoms with Crippen molar-refractivity contribution in [1.82, 2.24) is 4.98 Å². The van der Waals surface area contributed by atoms with Gasteiger partial charge in [-0.1, -0.05) is 72.8 Å². The summed E-state index contributed by atoms with van der Waals surface area (Å²) in [6.45, 7) is 4.32. The van der Waals surface area contributed by atoms with Gasteiger partial charge in [0.25, 0.3) is 0 Å². The molecule has 0 aliphatic rings. The molecule has 0 atom stereocenters. The van der Waals surface area contributed by atoms with E-state index in [4.69, 9.17) is 4.42 Å². The minimum atomic E-state index is 0.854. The third kappa shape index (κ3) is 3.23. The van der Waals surface area contributed by atoms with Crippen LogP contribution >= 0.6 is 0 Å². The van der Waals surface area contributed by atoms with E-state index in [2.05, 4.69) is 79.5 Å². The van der Waals surface area contributed by atoms with Gasteiger partial charge in [-0.3, -0.25) is 4.98 Å². The molecule has 0 amide bonds. The smallest absolute Gasteiger partial charge is 0.138 e. The minimum absolute atomic E-state index is 0.854. The van der Waals surface area contributed by atoms with Gasteiger partial charge in [-0.25, -0.2) is 0 Å². The van der Waals surface area contributed by atoms with Crippen LogP contribution in [-0.4, -0.2) is 4.98 Å². The van der Waals surface area contributed by atoms with Crippen LogP contribution in [0, 0.1) is 13.8 Å². The number of benzene rings is 3. The number of aromatic nitrogens is 1. The number of aryl methyl sites for hydroxylation is 2. The molecule has 0 saturated heterocycles. The molecule has 0 saturated carbocycles. The molecule has 0 aliphatic carbocycles. The Morgan fingerprint density at radius 1 is 0.655 bits per heavy atom. The first-order chi connectivity index (χ1) is 14.2. The maximum atomic E-state index is 6.17. The minimum Gasteiger partial charge on any atom is -0.456 e. The van der Waals surface area contributed by atoms with Crippen molar-refractivity contribution >= 4 is 11.0 Å². The highest BCUT2D eigenvalue weighted by Gasteiger charge is 2.10. The SMILES string of the molecule is Cc1cccc(C)c1-c1ccc(-c2cc3cnc(-c4ccccc4)cc3o2)cc1. The van der Waals surface area contributed by atoms with Crippen LogP contribution < -0.4 is 0 Å². The number of rotatable bonds is 3. The van der Waals surface area contributed by atoms with E-state index in [-0.39, 0.29) is 0 Å². The van der Waals surface area contributed by atoms with E-state index < -0.39 is 0 Å². The molecule has 2 aromatic heterocycles. The van der Waals surface area contributed by atoms with Crippen molar-refractivity contribution in [3.05, 3.63) is 102 Å². The first-order valence-corrected chi connectivity index (χ1v) is 9.81. The van der Waals surface area contributed by atoms with Gasteiger partial charge in [0, 0.05) is 28.8 Å². The number of hydrogen-bond donors (Lipinski definition) is 0. The first-order valence-electron chi connectivity index (χ1n) is 9.81. The molecule has 0 fully saturated rings. The summed E-state index contributed by atoms with van der Waals surface area (Å²) in [7, 11) is 0. The van der Waals surface area contributed by atoms with E-state index in [1.54, 1.807) is 0 Å². The Labute approximate surface area is 170 Å². The number of nitrogens with zero attached hydrogens (tertiary/aromatic N) is 1. The highest BCUT2D eigenvalue weighted by atomic mass is 16.3. The molecule has 140 valence electrons. The van der Waals surface area contributed by atoms with Crippen LogP contribution in [0.5, 0.6) is 0 Å². The molecule has 0 unspecified atom stereocenters. The Kier molecular flexibility index (Phi) is 4.25. The average molecular weight is 375 g/mol. The Morgan fingerprint density at radius 3 is 2.07 bits per heavy atom. The van der Waals surface area contributed by atoms with Gasteiger partial charge < -0.3 is 4.42 Å². The quantitative estimate of drug-likeness (QED) is 0.327. The van der Waals surface area contributed by atoms with Gasteiger partial charge in [-0.2, -0.15) is 0 Å². The predicted molar refractivity (Wildman–Crippen MR) is 120 cm³/mol. The number of furan rings is 1. The van der Waals surface area contributed by atoms with Gasteiger partial charge in [-0.15, -0.1) is 0 Å². The molecule has 2 nitrogen and oxygen atoms in total. The summed E-state index contributed by atoms with van der Waals surface area (Å²) >= 11 is 0. The van der Waals surface area contributed by atoms with Gasteiger partial charge in [0.05, 0.1) is 5.69 Å². The van der Waals surface area contributed by atoms with Crippen LogP contribution in [0.25, 0.3) is 44.7 Å². The van der Waals surface area contributed by atoms with Crippen molar-refractivity contribution in [2.24, 2.45) is 0 Å². The highest BCUT2D eigenvalue weighted by molar-refractivity contribution is 5.85. The lowest BCUT2D eigenvalue weighted by Crippen LogP contribution is -1.87. The Balaban J connectivity index is 1.51. The van der Waals surface area contributed by atoms with Crippen molar-refractivity contribution in [2.75, 3.05) is 0 Å². The summed E-state index contributed by atoms with van der Waals surface area (Å²) < 4.78 is 6.17. The monoisotopic (exact) mass is 375 g/mol. The number of hydrogen-bond acceptors (Lipinski definition) is 2. The van der Waals surface area contributed by atoms with Crippen LogP contribution in [-0.2, 0) is 0 Å². The molecule has 29 heavy (non-hydrogen) atoms. The van der Waals surface area contributed by atoms with E-state index in [1.165, 1.54) is 22.3 Å². The van der Waals surface area contributed by atoms with E-state index >= 15 is 0 Å². The van der Waals surface area contributed by atoms with E-state index in [0.717, 1.165) is 33.6 Å². The van der Waals surface area contributed by atoms with E-state index in [1.807, 2.05) is 30.5 Å². The standard InChI is InChI=1S/C27H21NO/c1-18-7-6-8-19(2)27(18)22-13-11-21(12-14-22)25-15-23-17-28-24(16-26(23)29-25)20-9-4-3-5-10-20/h3-17H,1-2H3. The summed E-state index contributed by atoms with van der Waals surface area (Å²) in [5, 5.41) is 1.01. The zero-order valence-electron chi connectivity index (χ0n) is 16.5. The van der Waals surface area contributed by atoms with Crippen molar-refractivity contribution in [3.8, 4) is 33.7 Å². The van der Waals surface area contributed by atoms with Crippen molar-refractivity contribution in [3.63, 3.8) is 0 Å². The second kappa shape index (κ2) is 7.06. The van der Waals surface area contributed by atoms with Gasteiger partial charge >= 0.3 is 0 Å². The lowest BCUT2D eigenvalue weighted by atomic mass is 9.95. The molecule has 0 radical (unpaired) electrons. The lowest BCUT2D eigenvalue weighted by molar-refractivity contribution is 0.631. The van der Waals surface area contributed by atoms with Crippen LogP contribution in [0.15, 0.2) is 95.5 Å². The predicted octanol–water partition coefficient (Wildman–Crippen LogP) is 7.45. The summed E-state index contributed by atoms with van der Waals surface area (Å²) in [5.41, 5.74) is 9.05. The summed E-state index contributed by atoms with van der Waals surface area (Å²) in [6.07, 6.45) is 1.88. The molecule has 2 heteroatoms. The van der Waals surface area contributed by atoms with E-state index in [0.29, 0.717) is 0 Å². The van der Waals surface area contributed by atoms with Crippen molar-refractivity contribution < 1.29 is 4.42 Å². The fourth-order valence-corrected chi connectivity index (χ4v) is 3.91. The highest BCUT2D eigenvalue weighted by Crippen LogP contribution is 2.32. The van der Waals surface area contributed by atoms with Gasteiger partial charge in [0.1, 0.15) is 11.3 Å². The van der Waals surface area contributed by atoms with Crippen LogP contribution in [0.2, 0.25) is 0 Å². The molecule has 3 aromatic carbocycles. The molecule has 0 N–H and O–H groups in total. The van der Waals surface area contributed by atoms with Crippen molar-refractivity contribution in [2.45, 2.75) is 13.8 Å². The number of fused-ring (bicyclic) bond motifs is 1. The average Bonchev–Trinajstić information content (AvgIpc) is 3.18. The molecule has 5 aromatic rings. The Bertz CT molecular complexity index is 1280. The lowest BCUT2D eigenvalue weighted by Gasteiger charge is -2.10. The van der Waals surface area contributed by atoms with Gasteiger partial charge in [0.2, 0.25) is 0 Å². The number of pyridine rings is 1. The van der Waals surface area contributed by atoms with Crippen molar-refractivity contribution in [1.29, 1.82) is 0 Å². The van der Waals surface area contributed by atoms with Crippen LogP contribution in [0.4, 0.5) is 0 Å². The summed E-state index contributed by atoms with van der Waals surface area (Å²) in [5.74, 6) is 0.861. The third-order valence-corrected chi connectivity index (χ3v) is 5.41.